The minimum absolute atomic E-state index is 0.143. The summed E-state index contributed by atoms with van der Waals surface area (Å²) in [5.41, 5.74) is 7.07. The van der Waals surface area contributed by atoms with Crippen molar-refractivity contribution in [3.63, 3.8) is 0 Å². The lowest BCUT2D eigenvalue weighted by Crippen LogP contribution is -2.31. The molecule has 0 heterocycles. The van der Waals surface area contributed by atoms with E-state index in [2.05, 4.69) is 41.8 Å². The molecule has 104 valence electrons. The molecule has 2 atom stereocenters. The highest BCUT2D eigenvalue weighted by atomic mass is 16.5. The number of hydrazine groups is 1. The van der Waals surface area contributed by atoms with Crippen molar-refractivity contribution in [2.75, 3.05) is 7.11 Å². The summed E-state index contributed by atoms with van der Waals surface area (Å²) in [7, 11) is 1.68. The molecule has 0 amide bonds. The van der Waals surface area contributed by atoms with Gasteiger partial charge in [0.15, 0.2) is 0 Å². The molecule has 3 nitrogen and oxygen atoms in total. The van der Waals surface area contributed by atoms with E-state index in [4.69, 9.17) is 10.6 Å². The second kappa shape index (κ2) is 5.65. The van der Waals surface area contributed by atoms with Gasteiger partial charge in [-0.15, -0.1) is 0 Å². The Kier molecular flexibility index (Phi) is 3.72. The number of methoxy groups -OCH3 is 1. The first kappa shape index (κ1) is 13.2. The molecule has 1 aliphatic carbocycles. The second-order valence-corrected chi connectivity index (χ2v) is 5.26. The van der Waals surface area contributed by atoms with E-state index < -0.39 is 0 Å². The molecule has 20 heavy (non-hydrogen) atoms. The maximum Gasteiger partial charge on any atom is 0.118 e. The standard InChI is InChI=1S/C17H20N2O/c1-20-14-9-6-13(7-10-14)17(19-18)16-11-8-12-4-2-3-5-15(12)16/h2-7,9-10,16-17,19H,8,11,18H2,1H3. The first-order chi connectivity index (χ1) is 9.83. The monoisotopic (exact) mass is 268 g/mol. The number of hydrogen-bond donors (Lipinski definition) is 2. The van der Waals surface area contributed by atoms with E-state index in [1.54, 1.807) is 7.11 Å². The predicted molar refractivity (Wildman–Crippen MR) is 80.6 cm³/mol. The Bertz CT molecular complexity index is 580. The van der Waals surface area contributed by atoms with Crippen molar-refractivity contribution in [1.82, 2.24) is 5.43 Å². The molecule has 0 fully saturated rings. The maximum atomic E-state index is 5.83. The van der Waals surface area contributed by atoms with Crippen molar-refractivity contribution in [1.29, 1.82) is 0 Å². The molecule has 3 rings (SSSR count). The molecule has 2 aromatic carbocycles. The van der Waals surface area contributed by atoms with Gasteiger partial charge >= 0.3 is 0 Å². The molecule has 2 unspecified atom stereocenters. The minimum Gasteiger partial charge on any atom is -0.497 e. The van der Waals surface area contributed by atoms with Crippen molar-refractivity contribution < 1.29 is 4.74 Å². The number of rotatable bonds is 4. The summed E-state index contributed by atoms with van der Waals surface area (Å²) in [4.78, 5) is 0. The fraction of sp³-hybridized carbons (Fsp3) is 0.294. The lowest BCUT2D eigenvalue weighted by atomic mass is 9.88. The molecular formula is C17H20N2O. The van der Waals surface area contributed by atoms with E-state index in [0.717, 1.165) is 18.6 Å². The van der Waals surface area contributed by atoms with Crippen LogP contribution in [0.25, 0.3) is 0 Å². The largest absolute Gasteiger partial charge is 0.497 e. The normalized spacial score (nSPS) is 18.6. The smallest absolute Gasteiger partial charge is 0.118 e. The van der Waals surface area contributed by atoms with Crippen molar-refractivity contribution in [2.24, 2.45) is 5.84 Å². The molecule has 0 radical (unpaired) electrons. The van der Waals surface area contributed by atoms with E-state index in [0.29, 0.717) is 5.92 Å². The quantitative estimate of drug-likeness (QED) is 0.662. The van der Waals surface area contributed by atoms with E-state index in [-0.39, 0.29) is 6.04 Å². The van der Waals surface area contributed by atoms with E-state index in [1.165, 1.54) is 16.7 Å². The Hall–Kier alpha value is -1.84. The van der Waals surface area contributed by atoms with Gasteiger partial charge in [-0.1, -0.05) is 36.4 Å². The molecular weight excluding hydrogens is 248 g/mol. The van der Waals surface area contributed by atoms with Crippen LogP contribution in [0.3, 0.4) is 0 Å². The molecule has 0 saturated carbocycles. The van der Waals surface area contributed by atoms with Gasteiger partial charge in [-0.25, -0.2) is 0 Å². The number of ether oxygens (including phenoxy) is 1. The van der Waals surface area contributed by atoms with Gasteiger partial charge in [-0.05, 0) is 41.7 Å². The molecule has 1 aliphatic rings. The van der Waals surface area contributed by atoms with Crippen LogP contribution < -0.4 is 16.0 Å². The zero-order chi connectivity index (χ0) is 13.9. The summed E-state index contributed by atoms with van der Waals surface area (Å²) in [6.45, 7) is 0. The maximum absolute atomic E-state index is 5.83. The highest BCUT2D eigenvalue weighted by molar-refractivity contribution is 5.39. The fourth-order valence-corrected chi connectivity index (χ4v) is 3.19. The van der Waals surface area contributed by atoms with Crippen LogP contribution in [0.1, 0.15) is 35.1 Å². The Morgan fingerprint density at radius 3 is 2.60 bits per heavy atom. The van der Waals surface area contributed by atoms with Crippen LogP contribution in [0.2, 0.25) is 0 Å². The second-order valence-electron chi connectivity index (χ2n) is 5.26. The topological polar surface area (TPSA) is 47.3 Å². The number of nitrogens with two attached hydrogens (primary N) is 1. The van der Waals surface area contributed by atoms with Crippen molar-refractivity contribution in [2.45, 2.75) is 24.8 Å². The Labute approximate surface area is 119 Å². The molecule has 0 bridgehead atoms. The molecule has 0 spiro atoms. The van der Waals surface area contributed by atoms with Crippen LogP contribution in [0.15, 0.2) is 48.5 Å². The minimum atomic E-state index is 0.143. The summed E-state index contributed by atoms with van der Waals surface area (Å²) in [5.74, 6) is 7.14. The third-order valence-corrected chi connectivity index (χ3v) is 4.24. The van der Waals surface area contributed by atoms with Gasteiger partial charge in [-0.3, -0.25) is 11.3 Å². The molecule has 2 aromatic rings. The summed E-state index contributed by atoms with van der Waals surface area (Å²) >= 11 is 0. The molecule has 3 N–H and O–H groups in total. The number of nitrogens with one attached hydrogen (secondary N) is 1. The van der Waals surface area contributed by atoms with Crippen LogP contribution >= 0.6 is 0 Å². The lowest BCUT2D eigenvalue weighted by molar-refractivity contribution is 0.413. The van der Waals surface area contributed by atoms with Gasteiger partial charge in [-0.2, -0.15) is 0 Å². The van der Waals surface area contributed by atoms with Crippen molar-refractivity contribution in [3.05, 3.63) is 65.2 Å². The molecule has 0 saturated heterocycles. The van der Waals surface area contributed by atoms with Gasteiger partial charge < -0.3 is 4.74 Å². The molecule has 3 heteroatoms. The van der Waals surface area contributed by atoms with Gasteiger partial charge in [0.2, 0.25) is 0 Å². The summed E-state index contributed by atoms with van der Waals surface area (Å²) < 4.78 is 5.21. The predicted octanol–water partition coefficient (Wildman–Crippen LogP) is 2.93. The van der Waals surface area contributed by atoms with Gasteiger partial charge in [0, 0.05) is 5.92 Å². The van der Waals surface area contributed by atoms with Crippen LogP contribution in [0.4, 0.5) is 0 Å². The first-order valence-electron chi connectivity index (χ1n) is 7.01. The summed E-state index contributed by atoms with van der Waals surface area (Å²) in [6.07, 6.45) is 2.27. The van der Waals surface area contributed by atoms with Gasteiger partial charge in [0.25, 0.3) is 0 Å². The number of hydrogen-bond acceptors (Lipinski definition) is 3. The Morgan fingerprint density at radius 2 is 1.90 bits per heavy atom. The number of aryl methyl sites for hydroxylation is 1. The first-order valence-corrected chi connectivity index (χ1v) is 7.01. The molecule has 0 aromatic heterocycles. The Balaban J connectivity index is 1.90. The third-order valence-electron chi connectivity index (χ3n) is 4.24. The van der Waals surface area contributed by atoms with E-state index >= 15 is 0 Å². The highest BCUT2D eigenvalue weighted by Gasteiger charge is 2.29. The van der Waals surface area contributed by atoms with Crippen LogP contribution in [0, 0.1) is 0 Å². The summed E-state index contributed by atoms with van der Waals surface area (Å²) in [6, 6.07) is 17.0. The zero-order valence-corrected chi connectivity index (χ0v) is 11.7. The third kappa shape index (κ3) is 2.30. The average Bonchev–Trinajstić information content (AvgIpc) is 2.93. The van der Waals surface area contributed by atoms with Crippen LogP contribution in [-0.2, 0) is 6.42 Å². The SMILES string of the molecule is COc1ccc(C(NN)C2CCc3ccccc32)cc1. The average molecular weight is 268 g/mol. The fourth-order valence-electron chi connectivity index (χ4n) is 3.19. The van der Waals surface area contributed by atoms with E-state index in [9.17, 15) is 0 Å². The van der Waals surface area contributed by atoms with Crippen molar-refractivity contribution in [3.8, 4) is 5.75 Å². The highest BCUT2D eigenvalue weighted by Crippen LogP contribution is 2.41. The van der Waals surface area contributed by atoms with Gasteiger partial charge in [0.1, 0.15) is 5.75 Å². The van der Waals surface area contributed by atoms with Gasteiger partial charge in [0.05, 0.1) is 13.2 Å². The van der Waals surface area contributed by atoms with Crippen molar-refractivity contribution >= 4 is 0 Å². The zero-order valence-electron chi connectivity index (χ0n) is 11.7. The number of fused-ring (bicyclic) bond motifs is 1. The molecule has 0 aliphatic heterocycles. The Morgan fingerprint density at radius 1 is 1.15 bits per heavy atom. The van der Waals surface area contributed by atoms with Crippen LogP contribution in [0.5, 0.6) is 5.75 Å². The van der Waals surface area contributed by atoms with E-state index in [1.807, 2.05) is 12.1 Å². The lowest BCUT2D eigenvalue weighted by Gasteiger charge is -2.24. The van der Waals surface area contributed by atoms with Crippen LogP contribution in [-0.4, -0.2) is 7.11 Å². The summed E-state index contributed by atoms with van der Waals surface area (Å²) in [5, 5.41) is 0. The number of benzene rings is 2.